The molecule has 0 aliphatic rings. The van der Waals surface area contributed by atoms with E-state index in [0.717, 1.165) is 0 Å². The van der Waals surface area contributed by atoms with Crippen molar-refractivity contribution in [3.63, 3.8) is 0 Å². The number of aliphatic hydroxyl groups excluding tert-OH is 1. The van der Waals surface area contributed by atoms with Crippen LogP contribution in [-0.2, 0) is 0 Å². The van der Waals surface area contributed by atoms with E-state index in [0.29, 0.717) is 12.1 Å². The fourth-order valence-electron chi connectivity index (χ4n) is 1.05. The van der Waals surface area contributed by atoms with Gasteiger partial charge in [-0.15, -0.1) is 0 Å². The topological polar surface area (TPSA) is 20.2 Å². The number of halogens is 5. The van der Waals surface area contributed by atoms with Crippen molar-refractivity contribution in [2.45, 2.75) is 19.2 Å². The summed E-state index contributed by atoms with van der Waals surface area (Å²) >= 11 is 0. The Kier molecular flexibility index (Phi) is 2.99. The molecule has 0 amide bonds. The SMILES string of the molecule is Cc1cc(F)c([C@@H](O)C(F)(F)F)cc1F. The van der Waals surface area contributed by atoms with E-state index in [-0.39, 0.29) is 5.56 Å². The highest BCUT2D eigenvalue weighted by molar-refractivity contribution is 5.27. The van der Waals surface area contributed by atoms with Gasteiger partial charge in [-0.05, 0) is 24.6 Å². The molecule has 0 aliphatic heterocycles. The fourth-order valence-corrected chi connectivity index (χ4v) is 1.05. The lowest BCUT2D eigenvalue weighted by molar-refractivity contribution is -0.207. The quantitative estimate of drug-likeness (QED) is 0.730. The van der Waals surface area contributed by atoms with E-state index in [1.165, 1.54) is 6.92 Å². The minimum atomic E-state index is -5.01. The van der Waals surface area contributed by atoms with Crippen LogP contribution in [0.2, 0.25) is 0 Å². The normalized spacial score (nSPS) is 14.1. The van der Waals surface area contributed by atoms with E-state index in [1.54, 1.807) is 0 Å². The first-order chi connectivity index (χ1) is 6.73. The highest BCUT2D eigenvalue weighted by Crippen LogP contribution is 2.34. The molecule has 0 radical (unpaired) electrons. The first-order valence-electron chi connectivity index (χ1n) is 3.94. The maximum atomic E-state index is 13.0. The lowest BCUT2D eigenvalue weighted by Gasteiger charge is -2.15. The van der Waals surface area contributed by atoms with Gasteiger partial charge in [-0.25, -0.2) is 8.78 Å². The minimum Gasteiger partial charge on any atom is -0.379 e. The number of rotatable bonds is 1. The second-order valence-electron chi connectivity index (χ2n) is 3.07. The number of alkyl halides is 3. The molecular formula is C9H7F5O. The summed E-state index contributed by atoms with van der Waals surface area (Å²) in [4.78, 5) is 0. The standard InChI is InChI=1S/C9H7F5O/c1-4-2-7(11)5(3-6(4)10)8(15)9(12,13)14/h2-3,8,15H,1H3/t8-/m1/s1. The summed E-state index contributed by atoms with van der Waals surface area (Å²) < 4.78 is 61.9. The summed E-state index contributed by atoms with van der Waals surface area (Å²) in [6, 6.07) is 0.961. The zero-order valence-corrected chi connectivity index (χ0v) is 7.57. The second kappa shape index (κ2) is 3.77. The fraction of sp³-hybridized carbons (Fsp3) is 0.333. The average Bonchev–Trinajstić information content (AvgIpc) is 2.08. The molecule has 15 heavy (non-hydrogen) atoms. The van der Waals surface area contributed by atoms with Crippen molar-refractivity contribution >= 4 is 0 Å². The molecule has 1 aromatic rings. The molecule has 0 spiro atoms. The van der Waals surface area contributed by atoms with Gasteiger partial charge in [0.15, 0.2) is 6.10 Å². The van der Waals surface area contributed by atoms with Crippen molar-refractivity contribution in [2.75, 3.05) is 0 Å². The van der Waals surface area contributed by atoms with Gasteiger partial charge < -0.3 is 5.11 Å². The predicted octanol–water partition coefficient (Wildman–Crippen LogP) is 2.87. The molecule has 1 N–H and O–H groups in total. The van der Waals surface area contributed by atoms with Crippen LogP contribution < -0.4 is 0 Å². The molecule has 0 fully saturated rings. The Morgan fingerprint density at radius 1 is 1.13 bits per heavy atom. The highest BCUT2D eigenvalue weighted by Gasteiger charge is 2.41. The van der Waals surface area contributed by atoms with Crippen LogP contribution in [-0.4, -0.2) is 11.3 Å². The van der Waals surface area contributed by atoms with E-state index < -0.39 is 29.5 Å². The average molecular weight is 226 g/mol. The largest absolute Gasteiger partial charge is 0.418 e. The lowest BCUT2D eigenvalue weighted by Crippen LogP contribution is -2.21. The Bertz CT molecular complexity index is 372. The monoisotopic (exact) mass is 226 g/mol. The molecule has 6 heteroatoms. The van der Waals surface area contributed by atoms with Crippen LogP contribution in [0.3, 0.4) is 0 Å². The third-order valence-electron chi connectivity index (χ3n) is 1.88. The summed E-state index contributed by atoms with van der Waals surface area (Å²) in [7, 11) is 0. The van der Waals surface area contributed by atoms with Crippen molar-refractivity contribution in [2.24, 2.45) is 0 Å². The number of aryl methyl sites for hydroxylation is 1. The summed E-state index contributed by atoms with van der Waals surface area (Å²) in [6.07, 6.45) is -8.02. The van der Waals surface area contributed by atoms with Gasteiger partial charge in [0.1, 0.15) is 11.6 Å². The minimum absolute atomic E-state index is 0.120. The summed E-state index contributed by atoms with van der Waals surface area (Å²) in [6.45, 7) is 1.21. The Morgan fingerprint density at radius 2 is 1.67 bits per heavy atom. The van der Waals surface area contributed by atoms with Crippen LogP contribution in [0, 0.1) is 18.6 Å². The molecule has 1 atom stereocenters. The molecule has 0 saturated heterocycles. The van der Waals surface area contributed by atoms with Crippen LogP contribution in [0.4, 0.5) is 22.0 Å². The second-order valence-corrected chi connectivity index (χ2v) is 3.07. The van der Waals surface area contributed by atoms with Gasteiger partial charge in [0, 0.05) is 5.56 Å². The van der Waals surface area contributed by atoms with Crippen LogP contribution in [0.15, 0.2) is 12.1 Å². The van der Waals surface area contributed by atoms with Crippen molar-refractivity contribution in [3.05, 3.63) is 34.9 Å². The first-order valence-corrected chi connectivity index (χ1v) is 3.94. The number of aliphatic hydroxyl groups is 1. The van der Waals surface area contributed by atoms with Crippen LogP contribution >= 0.6 is 0 Å². The van der Waals surface area contributed by atoms with Gasteiger partial charge >= 0.3 is 6.18 Å². The molecule has 0 unspecified atom stereocenters. The Balaban J connectivity index is 3.21. The Morgan fingerprint density at radius 3 is 2.13 bits per heavy atom. The number of benzene rings is 1. The maximum Gasteiger partial charge on any atom is 0.418 e. The maximum absolute atomic E-state index is 13.0. The molecule has 1 aromatic carbocycles. The smallest absolute Gasteiger partial charge is 0.379 e. The molecule has 0 bridgehead atoms. The molecule has 84 valence electrons. The van der Waals surface area contributed by atoms with Gasteiger partial charge in [0.05, 0.1) is 0 Å². The van der Waals surface area contributed by atoms with Crippen molar-refractivity contribution in [1.29, 1.82) is 0 Å². The Labute approximate surface area is 82.1 Å². The molecule has 0 saturated carbocycles. The highest BCUT2D eigenvalue weighted by atomic mass is 19.4. The lowest BCUT2D eigenvalue weighted by atomic mass is 10.1. The zero-order valence-electron chi connectivity index (χ0n) is 7.57. The third-order valence-corrected chi connectivity index (χ3v) is 1.88. The van der Waals surface area contributed by atoms with Gasteiger partial charge in [-0.2, -0.15) is 13.2 Å². The van der Waals surface area contributed by atoms with Gasteiger partial charge in [0.25, 0.3) is 0 Å². The number of hydrogen-bond donors (Lipinski definition) is 1. The molecule has 1 nitrogen and oxygen atoms in total. The van der Waals surface area contributed by atoms with Crippen LogP contribution in [0.1, 0.15) is 17.2 Å². The van der Waals surface area contributed by atoms with E-state index in [1.807, 2.05) is 0 Å². The molecular weight excluding hydrogens is 219 g/mol. The first kappa shape index (κ1) is 11.9. The van der Waals surface area contributed by atoms with Gasteiger partial charge in [-0.3, -0.25) is 0 Å². The third kappa shape index (κ3) is 2.44. The van der Waals surface area contributed by atoms with Crippen molar-refractivity contribution in [1.82, 2.24) is 0 Å². The molecule has 0 aromatic heterocycles. The Hall–Kier alpha value is -1.17. The van der Waals surface area contributed by atoms with E-state index >= 15 is 0 Å². The van der Waals surface area contributed by atoms with Crippen LogP contribution in [0.25, 0.3) is 0 Å². The van der Waals surface area contributed by atoms with E-state index in [4.69, 9.17) is 5.11 Å². The van der Waals surface area contributed by atoms with E-state index in [2.05, 4.69) is 0 Å². The summed E-state index contributed by atoms with van der Waals surface area (Å²) in [5.41, 5.74) is -1.23. The summed E-state index contributed by atoms with van der Waals surface area (Å²) in [5, 5.41) is 8.72. The molecule has 1 rings (SSSR count). The zero-order chi connectivity index (χ0) is 11.8. The van der Waals surface area contributed by atoms with Gasteiger partial charge in [-0.1, -0.05) is 0 Å². The number of hydrogen-bond acceptors (Lipinski definition) is 1. The molecule has 0 aliphatic carbocycles. The van der Waals surface area contributed by atoms with Crippen molar-refractivity contribution < 1.29 is 27.1 Å². The summed E-state index contributed by atoms with van der Waals surface area (Å²) in [5.74, 6) is -2.27. The predicted molar refractivity (Wildman–Crippen MR) is 42.1 cm³/mol. The van der Waals surface area contributed by atoms with Crippen molar-refractivity contribution in [3.8, 4) is 0 Å². The van der Waals surface area contributed by atoms with Gasteiger partial charge in [0.2, 0.25) is 0 Å². The van der Waals surface area contributed by atoms with E-state index in [9.17, 15) is 22.0 Å². The molecule has 0 heterocycles. The van der Waals surface area contributed by atoms with Crippen LogP contribution in [0.5, 0.6) is 0 Å².